The SMILES string of the molecule is C=C1[C@H](O)C/C(=C/C=C2\CCC[C@]3(C)[C@@H]([C@@H](C)CCCC(C)(C)C)CC[C@@H]23)C(C)[C@H]1C. The lowest BCUT2D eigenvalue weighted by atomic mass is 9.60. The van der Waals surface area contributed by atoms with Crippen molar-refractivity contribution < 1.29 is 5.11 Å². The van der Waals surface area contributed by atoms with Crippen molar-refractivity contribution in [3.05, 3.63) is 35.5 Å². The van der Waals surface area contributed by atoms with Gasteiger partial charge in [-0.1, -0.05) is 91.2 Å². The Morgan fingerprint density at radius 2 is 1.81 bits per heavy atom. The first-order valence-electron chi connectivity index (χ1n) is 13.2. The minimum atomic E-state index is -0.364. The van der Waals surface area contributed by atoms with E-state index in [0.717, 1.165) is 29.7 Å². The highest BCUT2D eigenvalue weighted by molar-refractivity contribution is 5.30. The lowest BCUT2D eigenvalue weighted by Gasteiger charge is -2.44. The lowest BCUT2D eigenvalue weighted by Crippen LogP contribution is -2.36. The summed E-state index contributed by atoms with van der Waals surface area (Å²) >= 11 is 0. The molecule has 0 bridgehead atoms. The molecular formula is C30H50O. The van der Waals surface area contributed by atoms with E-state index in [9.17, 15) is 5.11 Å². The summed E-state index contributed by atoms with van der Waals surface area (Å²) in [5.41, 5.74) is 5.08. The molecule has 0 spiro atoms. The number of allylic oxidation sites excluding steroid dienone is 3. The molecule has 0 radical (unpaired) electrons. The maximum atomic E-state index is 10.4. The van der Waals surface area contributed by atoms with Crippen LogP contribution in [0.5, 0.6) is 0 Å². The quantitative estimate of drug-likeness (QED) is 0.437. The standard InChI is InChI=1S/C30H50O/c1-20(11-9-17-29(5,6)7)26-15-16-27-24(12-10-18-30(26,27)8)13-14-25-19-28(31)23(4)21(2)22(25)3/h13-14,20-22,26-28,31H,4,9-12,15-19H2,1-3,5-8H3/b24-13+,25-14-/t20-,21+,22?,26+,27-,28+,30+/m0/s1. The second-order valence-corrected chi connectivity index (χ2v) is 12.9. The van der Waals surface area contributed by atoms with E-state index in [2.05, 4.69) is 67.2 Å². The first-order valence-corrected chi connectivity index (χ1v) is 13.2. The molecule has 3 fully saturated rings. The van der Waals surface area contributed by atoms with Crippen LogP contribution < -0.4 is 0 Å². The van der Waals surface area contributed by atoms with E-state index in [0.29, 0.717) is 22.7 Å². The van der Waals surface area contributed by atoms with E-state index in [1.54, 1.807) is 5.57 Å². The molecule has 1 unspecified atom stereocenters. The Labute approximate surface area is 193 Å². The molecule has 3 aliphatic carbocycles. The third-order valence-corrected chi connectivity index (χ3v) is 9.60. The zero-order valence-electron chi connectivity index (χ0n) is 21.6. The van der Waals surface area contributed by atoms with Gasteiger partial charge in [-0.3, -0.25) is 0 Å². The van der Waals surface area contributed by atoms with E-state index in [1.807, 2.05) is 0 Å². The molecule has 0 aliphatic heterocycles. The summed E-state index contributed by atoms with van der Waals surface area (Å²) in [6, 6.07) is 0. The topological polar surface area (TPSA) is 20.2 Å². The minimum absolute atomic E-state index is 0.364. The molecule has 0 aromatic carbocycles. The summed E-state index contributed by atoms with van der Waals surface area (Å²) < 4.78 is 0. The first-order chi connectivity index (χ1) is 14.4. The summed E-state index contributed by atoms with van der Waals surface area (Å²) in [7, 11) is 0. The predicted molar refractivity (Wildman–Crippen MR) is 135 cm³/mol. The van der Waals surface area contributed by atoms with Crippen LogP contribution in [-0.2, 0) is 0 Å². The molecule has 1 N–H and O–H groups in total. The summed E-state index contributed by atoms with van der Waals surface area (Å²) in [5.74, 6) is 3.35. The Kier molecular flexibility index (Phi) is 7.67. The van der Waals surface area contributed by atoms with Crippen molar-refractivity contribution in [3.8, 4) is 0 Å². The van der Waals surface area contributed by atoms with Crippen molar-refractivity contribution in [3.63, 3.8) is 0 Å². The van der Waals surface area contributed by atoms with Gasteiger partial charge in [0.2, 0.25) is 0 Å². The zero-order valence-corrected chi connectivity index (χ0v) is 21.6. The van der Waals surface area contributed by atoms with Gasteiger partial charge >= 0.3 is 0 Å². The van der Waals surface area contributed by atoms with Crippen LogP contribution in [0.3, 0.4) is 0 Å². The molecule has 0 aromatic rings. The van der Waals surface area contributed by atoms with Crippen LogP contribution >= 0.6 is 0 Å². The number of hydrogen-bond donors (Lipinski definition) is 1. The van der Waals surface area contributed by atoms with Crippen LogP contribution in [-0.4, -0.2) is 11.2 Å². The smallest absolute Gasteiger partial charge is 0.0787 e. The Hall–Kier alpha value is -0.820. The number of hydrogen-bond acceptors (Lipinski definition) is 1. The summed E-state index contributed by atoms with van der Waals surface area (Å²) in [5, 5.41) is 10.4. The fourth-order valence-corrected chi connectivity index (χ4v) is 7.29. The average molecular weight is 427 g/mol. The number of aliphatic hydroxyl groups is 1. The second kappa shape index (κ2) is 9.58. The molecule has 3 rings (SSSR count). The predicted octanol–water partition coefficient (Wildman–Crippen LogP) is 8.50. The maximum absolute atomic E-state index is 10.4. The van der Waals surface area contributed by atoms with Gasteiger partial charge in [-0.05, 0) is 90.9 Å². The monoisotopic (exact) mass is 426 g/mol. The van der Waals surface area contributed by atoms with Gasteiger partial charge in [0.15, 0.2) is 0 Å². The van der Waals surface area contributed by atoms with Gasteiger partial charge in [-0.15, -0.1) is 0 Å². The molecule has 3 aliphatic rings. The Balaban J connectivity index is 1.71. The summed E-state index contributed by atoms with van der Waals surface area (Å²) in [4.78, 5) is 0. The number of fused-ring (bicyclic) bond motifs is 1. The van der Waals surface area contributed by atoms with Crippen LogP contribution in [0.1, 0.15) is 106 Å². The third-order valence-electron chi connectivity index (χ3n) is 9.60. The van der Waals surface area contributed by atoms with Crippen molar-refractivity contribution >= 4 is 0 Å². The maximum Gasteiger partial charge on any atom is 0.0787 e. The molecule has 0 heterocycles. The van der Waals surface area contributed by atoms with E-state index in [-0.39, 0.29) is 6.10 Å². The highest BCUT2D eigenvalue weighted by atomic mass is 16.3. The van der Waals surface area contributed by atoms with Gasteiger partial charge in [-0.25, -0.2) is 0 Å². The molecule has 7 atom stereocenters. The van der Waals surface area contributed by atoms with Gasteiger partial charge in [-0.2, -0.15) is 0 Å². The molecule has 176 valence electrons. The van der Waals surface area contributed by atoms with Crippen LogP contribution in [0.25, 0.3) is 0 Å². The van der Waals surface area contributed by atoms with Crippen molar-refractivity contribution in [1.82, 2.24) is 0 Å². The third kappa shape index (κ3) is 5.40. The molecule has 0 aromatic heterocycles. The Morgan fingerprint density at radius 3 is 2.48 bits per heavy atom. The molecule has 31 heavy (non-hydrogen) atoms. The largest absolute Gasteiger partial charge is 0.388 e. The van der Waals surface area contributed by atoms with Gasteiger partial charge in [0, 0.05) is 0 Å². The highest BCUT2D eigenvalue weighted by Gasteiger charge is 2.50. The van der Waals surface area contributed by atoms with E-state index >= 15 is 0 Å². The number of aliphatic hydroxyl groups excluding tert-OH is 1. The fourth-order valence-electron chi connectivity index (χ4n) is 7.29. The highest BCUT2D eigenvalue weighted by Crippen LogP contribution is 2.60. The molecular weight excluding hydrogens is 376 g/mol. The van der Waals surface area contributed by atoms with Crippen molar-refractivity contribution in [2.24, 2.45) is 40.4 Å². The Morgan fingerprint density at radius 1 is 1.13 bits per heavy atom. The summed E-state index contributed by atoms with van der Waals surface area (Å²) in [6.45, 7) is 20.9. The molecule has 1 nitrogen and oxygen atoms in total. The van der Waals surface area contributed by atoms with Crippen molar-refractivity contribution in [2.75, 3.05) is 0 Å². The number of rotatable bonds is 5. The minimum Gasteiger partial charge on any atom is -0.388 e. The average Bonchev–Trinajstić information content (AvgIpc) is 3.04. The summed E-state index contributed by atoms with van der Waals surface area (Å²) in [6.07, 6.45) is 16.2. The molecule has 3 saturated carbocycles. The molecule has 1 heteroatoms. The normalized spacial score (nSPS) is 40.4. The molecule has 0 amide bonds. The van der Waals surface area contributed by atoms with Crippen LogP contribution in [0.15, 0.2) is 35.5 Å². The van der Waals surface area contributed by atoms with E-state index in [1.165, 1.54) is 56.9 Å². The van der Waals surface area contributed by atoms with Crippen LogP contribution in [0, 0.1) is 40.4 Å². The zero-order chi connectivity index (χ0) is 23.0. The Bertz CT molecular complexity index is 704. The van der Waals surface area contributed by atoms with Crippen molar-refractivity contribution in [1.29, 1.82) is 0 Å². The van der Waals surface area contributed by atoms with Crippen LogP contribution in [0.4, 0.5) is 0 Å². The molecule has 0 saturated heterocycles. The van der Waals surface area contributed by atoms with Gasteiger partial charge in [0.1, 0.15) is 0 Å². The lowest BCUT2D eigenvalue weighted by molar-refractivity contribution is 0.0920. The first kappa shape index (κ1) is 24.8. The van der Waals surface area contributed by atoms with Crippen LogP contribution in [0.2, 0.25) is 0 Å². The van der Waals surface area contributed by atoms with Gasteiger partial charge < -0.3 is 5.11 Å². The van der Waals surface area contributed by atoms with Crippen molar-refractivity contribution in [2.45, 2.75) is 112 Å². The van der Waals surface area contributed by atoms with E-state index in [4.69, 9.17) is 0 Å². The fraction of sp³-hybridized carbons (Fsp3) is 0.800. The second-order valence-electron chi connectivity index (χ2n) is 12.9. The van der Waals surface area contributed by atoms with Gasteiger partial charge in [0.05, 0.1) is 6.10 Å². The van der Waals surface area contributed by atoms with E-state index < -0.39 is 0 Å². The van der Waals surface area contributed by atoms with Gasteiger partial charge in [0.25, 0.3) is 0 Å².